The Labute approximate surface area is 349 Å². The van der Waals surface area contributed by atoms with Crippen LogP contribution in [0.1, 0.15) is 0 Å². The number of aromatic nitrogens is 5. The van der Waals surface area contributed by atoms with Crippen LogP contribution in [0.3, 0.4) is 0 Å². The molecule has 2 aromatic heterocycles. The molecule has 0 unspecified atom stereocenters. The lowest BCUT2D eigenvalue weighted by atomic mass is 9.94. The molecule has 8 aromatic carbocycles. The predicted molar refractivity (Wildman–Crippen MR) is 244 cm³/mol. The summed E-state index contributed by atoms with van der Waals surface area (Å²) >= 11 is 0. The molecule has 10 aromatic rings. The molecule has 0 fully saturated rings. The molecule has 0 aliphatic heterocycles. The maximum absolute atomic E-state index is 5.15. The maximum Gasteiger partial charge on any atom is 0.164 e. The fraction of sp³-hybridized carbons (Fsp3) is 0. The van der Waals surface area contributed by atoms with Gasteiger partial charge in [-0.15, -0.1) is 0 Å². The van der Waals surface area contributed by atoms with Gasteiger partial charge in [0.2, 0.25) is 0 Å². The molecule has 10 rings (SSSR count). The van der Waals surface area contributed by atoms with Crippen molar-refractivity contribution in [2.45, 2.75) is 0 Å². The van der Waals surface area contributed by atoms with Gasteiger partial charge in [-0.1, -0.05) is 200 Å². The minimum atomic E-state index is 0.600. The van der Waals surface area contributed by atoms with E-state index < -0.39 is 0 Å². The number of hydrogen-bond acceptors (Lipinski definition) is 5. The molecule has 0 radical (unpaired) electrons. The predicted octanol–water partition coefficient (Wildman–Crippen LogP) is 13.7. The van der Waals surface area contributed by atoms with Crippen molar-refractivity contribution >= 4 is 0 Å². The largest absolute Gasteiger partial charge is 0.228 e. The Morgan fingerprint density at radius 3 is 1.03 bits per heavy atom. The van der Waals surface area contributed by atoms with Gasteiger partial charge in [-0.25, -0.2) is 24.9 Å². The molecule has 0 saturated carbocycles. The van der Waals surface area contributed by atoms with Gasteiger partial charge in [0.1, 0.15) is 0 Å². The van der Waals surface area contributed by atoms with Gasteiger partial charge in [0, 0.05) is 33.4 Å². The van der Waals surface area contributed by atoms with Crippen LogP contribution in [0.5, 0.6) is 0 Å². The molecule has 0 atom stereocenters. The van der Waals surface area contributed by atoms with Gasteiger partial charge in [-0.05, 0) is 57.6 Å². The van der Waals surface area contributed by atoms with E-state index in [0.29, 0.717) is 23.3 Å². The third-order valence-electron chi connectivity index (χ3n) is 10.6. The van der Waals surface area contributed by atoms with E-state index >= 15 is 0 Å². The lowest BCUT2D eigenvalue weighted by molar-refractivity contribution is 1.07. The van der Waals surface area contributed by atoms with E-state index in [9.17, 15) is 0 Å². The molecule has 0 bridgehead atoms. The van der Waals surface area contributed by atoms with E-state index in [2.05, 4.69) is 140 Å². The summed E-state index contributed by atoms with van der Waals surface area (Å²) in [4.78, 5) is 25.4. The van der Waals surface area contributed by atoms with Crippen LogP contribution >= 0.6 is 0 Å². The van der Waals surface area contributed by atoms with Crippen molar-refractivity contribution in [1.29, 1.82) is 0 Å². The zero-order chi connectivity index (χ0) is 40.1. The van der Waals surface area contributed by atoms with Gasteiger partial charge >= 0.3 is 0 Å². The van der Waals surface area contributed by atoms with E-state index in [0.717, 1.165) is 67.0 Å². The summed E-state index contributed by atoms with van der Waals surface area (Å²) in [6, 6.07) is 77.0. The summed E-state index contributed by atoms with van der Waals surface area (Å²) in [7, 11) is 0. The first-order valence-electron chi connectivity index (χ1n) is 20.0. The molecule has 0 spiro atoms. The molecular weight excluding hydrogens is 731 g/mol. The maximum atomic E-state index is 5.15. The summed E-state index contributed by atoms with van der Waals surface area (Å²) in [5.41, 5.74) is 14.1. The smallest absolute Gasteiger partial charge is 0.164 e. The van der Waals surface area contributed by atoms with Crippen molar-refractivity contribution in [1.82, 2.24) is 24.9 Å². The molecule has 0 amide bonds. The first-order chi connectivity index (χ1) is 29.7. The van der Waals surface area contributed by atoms with E-state index in [1.54, 1.807) is 0 Å². The summed E-state index contributed by atoms with van der Waals surface area (Å²) in [6.45, 7) is 0. The number of benzene rings is 8. The second-order valence-corrected chi connectivity index (χ2v) is 14.5. The zero-order valence-corrected chi connectivity index (χ0v) is 32.6. The number of nitrogens with zero attached hydrogens (tertiary/aromatic N) is 5. The Morgan fingerprint density at radius 1 is 0.183 bits per heavy atom. The SMILES string of the molecule is c1ccc(-c2cc(-c3cccc(-c4cccc(-c5nc(-c6ccccc6)nc(-c6cccc(-c7ccccc7-c7ccccc7)c6)n5)c4)c3)nc(-c3ccccc3)n2)cc1. The third-order valence-corrected chi connectivity index (χ3v) is 10.6. The first kappa shape index (κ1) is 36.2. The minimum absolute atomic E-state index is 0.600. The van der Waals surface area contributed by atoms with Gasteiger partial charge in [-0.3, -0.25) is 0 Å². The van der Waals surface area contributed by atoms with Crippen LogP contribution in [0.4, 0.5) is 0 Å². The van der Waals surface area contributed by atoms with Crippen LogP contribution in [-0.2, 0) is 0 Å². The van der Waals surface area contributed by atoms with Crippen molar-refractivity contribution in [3.63, 3.8) is 0 Å². The Kier molecular flexibility index (Phi) is 9.88. The molecule has 0 aliphatic carbocycles. The highest BCUT2D eigenvalue weighted by atomic mass is 15.0. The summed E-state index contributed by atoms with van der Waals surface area (Å²) in [6.07, 6.45) is 0. The monoisotopic (exact) mass is 767 g/mol. The second kappa shape index (κ2) is 16.4. The summed E-state index contributed by atoms with van der Waals surface area (Å²) in [5.74, 6) is 2.51. The van der Waals surface area contributed by atoms with Crippen molar-refractivity contribution in [2.75, 3.05) is 0 Å². The highest BCUT2D eigenvalue weighted by Gasteiger charge is 2.16. The van der Waals surface area contributed by atoms with E-state index in [1.165, 1.54) is 11.1 Å². The summed E-state index contributed by atoms with van der Waals surface area (Å²) in [5, 5.41) is 0. The molecule has 0 N–H and O–H groups in total. The molecule has 5 heteroatoms. The van der Waals surface area contributed by atoms with Gasteiger partial charge in [0.25, 0.3) is 0 Å². The third kappa shape index (κ3) is 7.63. The standard InChI is InChI=1S/C55H37N5/c1-5-18-38(19-6-1)48-32-13-14-33-49(48)44-28-17-31-47(36-44)55-59-53(41-24-11-4-12-25-41)58-54(60-55)46-30-16-27-43(35-46)42-26-15-29-45(34-42)51-37-50(39-20-7-2-8-21-39)56-52(57-51)40-22-9-3-10-23-40/h1-37H. The molecular formula is C55H37N5. The van der Waals surface area contributed by atoms with Gasteiger partial charge in [-0.2, -0.15) is 0 Å². The van der Waals surface area contributed by atoms with Crippen molar-refractivity contribution in [3.05, 3.63) is 224 Å². The van der Waals surface area contributed by atoms with E-state index in [-0.39, 0.29) is 0 Å². The molecule has 282 valence electrons. The van der Waals surface area contributed by atoms with Crippen molar-refractivity contribution in [2.24, 2.45) is 0 Å². The topological polar surface area (TPSA) is 64.5 Å². The second-order valence-electron chi connectivity index (χ2n) is 14.5. The zero-order valence-electron chi connectivity index (χ0n) is 32.6. The Morgan fingerprint density at radius 2 is 0.500 bits per heavy atom. The molecule has 0 saturated heterocycles. The van der Waals surface area contributed by atoms with Crippen LogP contribution < -0.4 is 0 Å². The normalized spacial score (nSPS) is 11.0. The van der Waals surface area contributed by atoms with Crippen molar-refractivity contribution in [3.8, 4) is 101 Å². The average molecular weight is 768 g/mol. The fourth-order valence-corrected chi connectivity index (χ4v) is 7.54. The highest BCUT2D eigenvalue weighted by molar-refractivity contribution is 5.85. The average Bonchev–Trinajstić information content (AvgIpc) is 3.35. The first-order valence-corrected chi connectivity index (χ1v) is 20.0. The number of hydrogen-bond donors (Lipinski definition) is 0. The van der Waals surface area contributed by atoms with Crippen LogP contribution in [0, 0.1) is 0 Å². The molecule has 2 heterocycles. The molecule has 5 nitrogen and oxygen atoms in total. The molecule has 0 aliphatic rings. The summed E-state index contributed by atoms with van der Waals surface area (Å²) < 4.78 is 0. The van der Waals surface area contributed by atoms with Gasteiger partial charge < -0.3 is 0 Å². The lowest BCUT2D eigenvalue weighted by Crippen LogP contribution is -2.00. The van der Waals surface area contributed by atoms with Gasteiger partial charge in [0.15, 0.2) is 23.3 Å². The van der Waals surface area contributed by atoms with Gasteiger partial charge in [0.05, 0.1) is 11.4 Å². The van der Waals surface area contributed by atoms with E-state index in [4.69, 9.17) is 24.9 Å². The Hall–Kier alpha value is -8.15. The van der Waals surface area contributed by atoms with Crippen molar-refractivity contribution < 1.29 is 0 Å². The minimum Gasteiger partial charge on any atom is -0.228 e. The van der Waals surface area contributed by atoms with Crippen LogP contribution in [0.2, 0.25) is 0 Å². The Bertz CT molecular complexity index is 3020. The fourth-order valence-electron chi connectivity index (χ4n) is 7.54. The Balaban J connectivity index is 1.04. The van der Waals surface area contributed by atoms with E-state index in [1.807, 2.05) is 84.9 Å². The quantitative estimate of drug-likeness (QED) is 0.146. The lowest BCUT2D eigenvalue weighted by Gasteiger charge is -2.13. The van der Waals surface area contributed by atoms with Crippen LogP contribution in [0.15, 0.2) is 224 Å². The highest BCUT2D eigenvalue weighted by Crippen LogP contribution is 2.36. The molecule has 60 heavy (non-hydrogen) atoms. The van der Waals surface area contributed by atoms with Crippen LogP contribution in [0.25, 0.3) is 101 Å². The number of rotatable bonds is 9. The van der Waals surface area contributed by atoms with Crippen LogP contribution in [-0.4, -0.2) is 24.9 Å².